The van der Waals surface area contributed by atoms with Crippen LogP contribution in [0.5, 0.6) is 0 Å². The monoisotopic (exact) mass is 183 g/mol. The van der Waals surface area contributed by atoms with E-state index >= 15 is 0 Å². The van der Waals surface area contributed by atoms with Crippen molar-refractivity contribution in [3.05, 3.63) is 25.3 Å². The molecule has 0 unspecified atom stereocenters. The van der Waals surface area contributed by atoms with E-state index in [1.807, 2.05) is 0 Å². The van der Waals surface area contributed by atoms with Gasteiger partial charge in [-0.15, -0.1) is 13.2 Å². The molecule has 0 atom stereocenters. The van der Waals surface area contributed by atoms with Gasteiger partial charge in [-0.2, -0.15) is 0 Å². The molecule has 0 spiro atoms. The van der Waals surface area contributed by atoms with Gasteiger partial charge in [-0.05, 0) is 0 Å². The van der Waals surface area contributed by atoms with Crippen LogP contribution in [0.3, 0.4) is 0 Å². The van der Waals surface area contributed by atoms with Crippen LogP contribution in [-0.4, -0.2) is 37.0 Å². The highest BCUT2D eigenvalue weighted by atomic mass is 16.5. The normalized spacial score (nSPS) is 8.69. The molecule has 0 aliphatic rings. The molecule has 13 heavy (non-hydrogen) atoms. The second kappa shape index (κ2) is 5.99. The Morgan fingerprint density at radius 3 is 2.08 bits per heavy atom. The number of rotatable bonds is 4. The van der Waals surface area contributed by atoms with Gasteiger partial charge < -0.3 is 9.64 Å². The molecule has 0 aromatic heterocycles. The molecular formula is C9H13NO3. The summed E-state index contributed by atoms with van der Waals surface area (Å²) in [5, 5.41) is 0. The van der Waals surface area contributed by atoms with Crippen LogP contribution in [0.15, 0.2) is 25.3 Å². The number of hydrogen-bond donors (Lipinski definition) is 0. The van der Waals surface area contributed by atoms with E-state index in [2.05, 4.69) is 17.9 Å². The maximum atomic E-state index is 11.2. The Bertz CT molecular complexity index is 213. The lowest BCUT2D eigenvalue weighted by Gasteiger charge is -2.16. The first-order valence-corrected chi connectivity index (χ1v) is 3.76. The third kappa shape index (κ3) is 3.55. The van der Waals surface area contributed by atoms with E-state index in [1.54, 1.807) is 0 Å². The van der Waals surface area contributed by atoms with Gasteiger partial charge in [-0.3, -0.25) is 4.79 Å². The van der Waals surface area contributed by atoms with Crippen molar-refractivity contribution in [2.45, 2.75) is 0 Å². The van der Waals surface area contributed by atoms with Crippen LogP contribution in [0, 0.1) is 0 Å². The highest BCUT2D eigenvalue weighted by molar-refractivity contribution is 6.32. The van der Waals surface area contributed by atoms with E-state index in [1.165, 1.54) is 24.2 Å². The molecule has 0 aromatic carbocycles. The number of carbonyl (C=O) groups excluding carboxylic acids is 2. The summed E-state index contributed by atoms with van der Waals surface area (Å²) in [7, 11) is 1.17. The van der Waals surface area contributed by atoms with Gasteiger partial charge in [0, 0.05) is 13.1 Å². The first-order chi connectivity index (χ1) is 6.17. The third-order valence-electron chi connectivity index (χ3n) is 1.35. The fraction of sp³-hybridized carbons (Fsp3) is 0.333. The maximum absolute atomic E-state index is 11.2. The minimum atomic E-state index is -0.872. The van der Waals surface area contributed by atoms with Gasteiger partial charge in [0.15, 0.2) is 0 Å². The molecular weight excluding hydrogens is 170 g/mol. The summed E-state index contributed by atoms with van der Waals surface area (Å²) < 4.78 is 4.29. The lowest BCUT2D eigenvalue weighted by Crippen LogP contribution is -2.37. The summed E-state index contributed by atoms with van der Waals surface area (Å²) >= 11 is 0. The zero-order valence-electron chi connectivity index (χ0n) is 7.66. The van der Waals surface area contributed by atoms with Crippen molar-refractivity contribution in [2.24, 2.45) is 0 Å². The number of carbonyl (C=O) groups is 2. The molecule has 72 valence electrons. The molecule has 0 fully saturated rings. The first-order valence-electron chi connectivity index (χ1n) is 3.76. The average Bonchev–Trinajstić information content (AvgIpc) is 2.15. The molecule has 0 rings (SSSR count). The SMILES string of the molecule is C=CCN(CC=C)C(=O)C(=O)OC. The number of hydrogen-bond acceptors (Lipinski definition) is 3. The number of esters is 1. The van der Waals surface area contributed by atoms with Gasteiger partial charge in [-0.1, -0.05) is 12.2 Å². The number of methoxy groups -OCH3 is 1. The summed E-state index contributed by atoms with van der Waals surface area (Å²) in [6.07, 6.45) is 3.06. The molecule has 4 nitrogen and oxygen atoms in total. The van der Waals surface area contributed by atoms with Crippen LogP contribution in [0.25, 0.3) is 0 Å². The smallest absolute Gasteiger partial charge is 0.396 e. The molecule has 0 aliphatic carbocycles. The molecule has 0 aromatic rings. The lowest BCUT2D eigenvalue weighted by molar-refractivity contribution is -0.157. The van der Waals surface area contributed by atoms with Gasteiger partial charge in [-0.25, -0.2) is 4.79 Å². The first kappa shape index (κ1) is 11.4. The third-order valence-corrected chi connectivity index (χ3v) is 1.35. The number of amides is 1. The minimum Gasteiger partial charge on any atom is -0.462 e. The second-order valence-electron chi connectivity index (χ2n) is 2.28. The topological polar surface area (TPSA) is 46.6 Å². The standard InChI is InChI=1S/C9H13NO3/c1-4-6-10(7-5-2)8(11)9(12)13-3/h4-5H,1-2,6-7H2,3H3. The quantitative estimate of drug-likeness (QED) is 0.359. The Labute approximate surface area is 77.5 Å². The number of ether oxygens (including phenoxy) is 1. The van der Waals surface area contributed by atoms with E-state index in [-0.39, 0.29) is 0 Å². The highest BCUT2D eigenvalue weighted by Gasteiger charge is 2.19. The molecule has 0 aliphatic heterocycles. The Morgan fingerprint density at radius 1 is 1.31 bits per heavy atom. The fourth-order valence-corrected chi connectivity index (χ4v) is 0.768. The molecule has 4 heteroatoms. The van der Waals surface area contributed by atoms with Gasteiger partial charge in [0.1, 0.15) is 0 Å². The van der Waals surface area contributed by atoms with Gasteiger partial charge in [0.2, 0.25) is 0 Å². The average molecular weight is 183 g/mol. The van der Waals surface area contributed by atoms with Crippen molar-refractivity contribution >= 4 is 11.9 Å². The van der Waals surface area contributed by atoms with E-state index in [0.717, 1.165) is 0 Å². The maximum Gasteiger partial charge on any atom is 0.396 e. The van der Waals surface area contributed by atoms with E-state index in [0.29, 0.717) is 13.1 Å². The molecule has 0 N–H and O–H groups in total. The van der Waals surface area contributed by atoms with Crippen molar-refractivity contribution in [2.75, 3.05) is 20.2 Å². The lowest BCUT2D eigenvalue weighted by atomic mass is 10.4. The van der Waals surface area contributed by atoms with Crippen LogP contribution in [0.1, 0.15) is 0 Å². The van der Waals surface area contributed by atoms with Crippen molar-refractivity contribution in [1.82, 2.24) is 4.90 Å². The molecule has 0 bridgehead atoms. The largest absolute Gasteiger partial charge is 0.462 e. The van der Waals surface area contributed by atoms with Gasteiger partial charge in [0.25, 0.3) is 0 Å². The molecule has 1 amide bonds. The van der Waals surface area contributed by atoms with Gasteiger partial charge in [0.05, 0.1) is 7.11 Å². The Morgan fingerprint density at radius 2 is 1.77 bits per heavy atom. The second-order valence-corrected chi connectivity index (χ2v) is 2.28. The molecule has 0 saturated carbocycles. The van der Waals surface area contributed by atoms with Crippen LogP contribution in [-0.2, 0) is 14.3 Å². The summed E-state index contributed by atoms with van der Waals surface area (Å²) in [4.78, 5) is 23.3. The van der Waals surface area contributed by atoms with E-state index < -0.39 is 11.9 Å². The highest BCUT2D eigenvalue weighted by Crippen LogP contribution is 1.92. The number of nitrogens with zero attached hydrogens (tertiary/aromatic N) is 1. The summed E-state index contributed by atoms with van der Waals surface area (Å²) in [5.41, 5.74) is 0. The zero-order chi connectivity index (χ0) is 10.3. The zero-order valence-corrected chi connectivity index (χ0v) is 7.66. The molecule has 0 heterocycles. The Kier molecular flexibility index (Phi) is 5.27. The molecule has 0 saturated heterocycles. The summed E-state index contributed by atoms with van der Waals surface area (Å²) in [6.45, 7) is 7.55. The van der Waals surface area contributed by atoms with E-state index in [4.69, 9.17) is 0 Å². The summed E-state index contributed by atoms with van der Waals surface area (Å²) in [6, 6.07) is 0. The molecule has 0 radical (unpaired) electrons. The predicted molar refractivity (Wildman–Crippen MR) is 49.0 cm³/mol. The summed E-state index contributed by atoms with van der Waals surface area (Å²) in [5.74, 6) is -1.55. The predicted octanol–water partition coefficient (Wildman–Crippen LogP) is 0.360. The van der Waals surface area contributed by atoms with Crippen LogP contribution in [0.4, 0.5) is 0 Å². The Hall–Kier alpha value is -1.58. The fourth-order valence-electron chi connectivity index (χ4n) is 0.768. The van der Waals surface area contributed by atoms with Crippen LogP contribution >= 0.6 is 0 Å². The van der Waals surface area contributed by atoms with Crippen molar-refractivity contribution in [1.29, 1.82) is 0 Å². The van der Waals surface area contributed by atoms with Crippen LogP contribution in [0.2, 0.25) is 0 Å². The van der Waals surface area contributed by atoms with Crippen molar-refractivity contribution in [3.63, 3.8) is 0 Å². The van der Waals surface area contributed by atoms with E-state index in [9.17, 15) is 9.59 Å². The Balaban J connectivity index is 4.34. The van der Waals surface area contributed by atoms with Crippen molar-refractivity contribution in [3.8, 4) is 0 Å². The van der Waals surface area contributed by atoms with Gasteiger partial charge >= 0.3 is 11.9 Å². The van der Waals surface area contributed by atoms with Crippen molar-refractivity contribution < 1.29 is 14.3 Å². The minimum absolute atomic E-state index is 0.306. The van der Waals surface area contributed by atoms with Crippen LogP contribution < -0.4 is 0 Å².